The molecule has 2 rings (SSSR count). The highest BCUT2D eigenvalue weighted by atomic mass is 79.9. The van der Waals surface area contributed by atoms with Gasteiger partial charge in [0.05, 0.1) is 5.56 Å². The van der Waals surface area contributed by atoms with E-state index in [1.54, 1.807) is 12.1 Å². The lowest BCUT2D eigenvalue weighted by Crippen LogP contribution is -2.03. The van der Waals surface area contributed by atoms with Crippen molar-refractivity contribution < 1.29 is 15.0 Å². The van der Waals surface area contributed by atoms with E-state index >= 15 is 0 Å². The summed E-state index contributed by atoms with van der Waals surface area (Å²) in [6.07, 6.45) is 0. The van der Waals surface area contributed by atoms with E-state index in [1.807, 2.05) is 6.07 Å². The van der Waals surface area contributed by atoms with Gasteiger partial charge in [0.25, 0.3) is 0 Å². The average molecular weight is 266 g/mol. The summed E-state index contributed by atoms with van der Waals surface area (Å²) in [5.41, 5.74) is -0.194. The fraction of sp³-hybridized carbons (Fsp3) is 0. The number of hydrogen-bond donors (Lipinski definition) is 1. The smallest absolute Gasteiger partial charge is 0.335 e. The monoisotopic (exact) mass is 265 g/mol. The average Bonchev–Trinajstić information content (AvgIpc) is 2.17. The van der Waals surface area contributed by atoms with E-state index in [-0.39, 0.29) is 5.56 Å². The lowest BCUT2D eigenvalue weighted by molar-refractivity contribution is -0.268. The molecular formula is C11H6BrO3-. The van der Waals surface area contributed by atoms with Crippen molar-refractivity contribution in [1.29, 1.82) is 0 Å². The summed E-state index contributed by atoms with van der Waals surface area (Å²) in [5, 5.41) is 21.6. The van der Waals surface area contributed by atoms with E-state index in [2.05, 4.69) is 15.9 Å². The van der Waals surface area contributed by atoms with Crippen LogP contribution in [-0.4, -0.2) is 11.1 Å². The summed E-state index contributed by atoms with van der Waals surface area (Å²) in [5.74, 6) is -1.65. The van der Waals surface area contributed by atoms with Gasteiger partial charge in [-0.15, -0.1) is 0 Å². The first kappa shape index (κ1) is 9.98. The van der Waals surface area contributed by atoms with E-state index in [1.165, 1.54) is 12.1 Å². The molecule has 0 atom stereocenters. The van der Waals surface area contributed by atoms with Gasteiger partial charge in [-0.25, -0.2) is 4.79 Å². The molecule has 15 heavy (non-hydrogen) atoms. The van der Waals surface area contributed by atoms with E-state index in [0.29, 0.717) is 0 Å². The van der Waals surface area contributed by atoms with Crippen molar-refractivity contribution in [2.24, 2.45) is 0 Å². The Morgan fingerprint density at radius 2 is 1.93 bits per heavy atom. The third-order valence-electron chi connectivity index (χ3n) is 2.13. The van der Waals surface area contributed by atoms with Crippen molar-refractivity contribution in [3.8, 4) is 5.75 Å². The van der Waals surface area contributed by atoms with Gasteiger partial charge in [-0.1, -0.05) is 33.8 Å². The molecule has 0 amide bonds. The molecule has 0 aliphatic carbocycles. The Morgan fingerprint density at radius 3 is 2.60 bits per heavy atom. The predicted octanol–water partition coefficient (Wildman–Crippen LogP) is 2.37. The predicted molar refractivity (Wildman–Crippen MR) is 58.1 cm³/mol. The lowest BCUT2D eigenvalue weighted by atomic mass is 10.1. The molecule has 76 valence electrons. The first-order valence-electron chi connectivity index (χ1n) is 4.21. The molecule has 0 aromatic heterocycles. The van der Waals surface area contributed by atoms with Gasteiger partial charge in [0, 0.05) is 4.47 Å². The number of halogens is 1. The second-order valence-electron chi connectivity index (χ2n) is 3.14. The van der Waals surface area contributed by atoms with Crippen molar-refractivity contribution in [1.82, 2.24) is 0 Å². The molecule has 1 N–H and O–H groups in total. The number of carboxylic acid groups (broad SMARTS) is 1. The van der Waals surface area contributed by atoms with Gasteiger partial charge >= 0.3 is 5.97 Å². The van der Waals surface area contributed by atoms with E-state index < -0.39 is 11.7 Å². The number of benzene rings is 2. The number of rotatable bonds is 1. The third-order valence-corrected chi connectivity index (χ3v) is 2.62. The largest absolute Gasteiger partial charge is 0.872 e. The quantitative estimate of drug-likeness (QED) is 0.861. The molecule has 2 aromatic carbocycles. The second-order valence-corrected chi connectivity index (χ2v) is 4.06. The molecule has 4 heteroatoms. The molecule has 3 nitrogen and oxygen atoms in total. The number of carbonyl (C=O) groups is 1. The van der Waals surface area contributed by atoms with Crippen LogP contribution in [0.5, 0.6) is 5.75 Å². The van der Waals surface area contributed by atoms with Gasteiger partial charge < -0.3 is 10.2 Å². The van der Waals surface area contributed by atoms with Crippen LogP contribution < -0.4 is 5.11 Å². The molecule has 0 aliphatic heterocycles. The molecule has 0 heterocycles. The second kappa shape index (κ2) is 3.55. The van der Waals surface area contributed by atoms with Crippen molar-refractivity contribution in [3.05, 3.63) is 40.4 Å². The molecule has 2 aromatic rings. The number of hydrogen-bond acceptors (Lipinski definition) is 2. The maximum atomic E-state index is 11.4. The zero-order valence-electron chi connectivity index (χ0n) is 7.53. The Bertz CT molecular complexity index is 549. The minimum absolute atomic E-state index is 0.194. The fourth-order valence-corrected chi connectivity index (χ4v) is 1.79. The van der Waals surface area contributed by atoms with Gasteiger partial charge in [0.1, 0.15) is 0 Å². The first-order valence-corrected chi connectivity index (χ1v) is 5.01. The molecule has 0 unspecified atom stereocenters. The molecule has 0 saturated carbocycles. The summed E-state index contributed by atoms with van der Waals surface area (Å²) in [6, 6.07) is 8.09. The molecule has 0 spiro atoms. The van der Waals surface area contributed by atoms with Crippen LogP contribution in [0.1, 0.15) is 10.4 Å². The Morgan fingerprint density at radius 1 is 1.20 bits per heavy atom. The maximum Gasteiger partial charge on any atom is 0.335 e. The summed E-state index contributed by atoms with van der Waals surface area (Å²) in [4.78, 5) is 10.7. The lowest BCUT2D eigenvalue weighted by Gasteiger charge is -2.11. The zero-order chi connectivity index (χ0) is 11.0. The van der Waals surface area contributed by atoms with Crippen LogP contribution in [0, 0.1) is 0 Å². The normalized spacial score (nSPS) is 10.5. The standard InChI is InChI=1S/C11H7BrO3/c12-8-2-1-6-5-10(13)9(11(14)15)4-7(6)3-8/h1-5,13H,(H,14,15)/p-1. The number of aromatic carboxylic acids is 1. The van der Waals surface area contributed by atoms with Gasteiger partial charge in [0.15, 0.2) is 0 Å². The third kappa shape index (κ3) is 1.80. The van der Waals surface area contributed by atoms with Crippen LogP contribution in [0.3, 0.4) is 0 Å². The fourth-order valence-electron chi connectivity index (χ4n) is 1.41. The minimum atomic E-state index is -1.19. The van der Waals surface area contributed by atoms with Gasteiger partial charge in [0.2, 0.25) is 0 Å². The van der Waals surface area contributed by atoms with Crippen LogP contribution in [0.2, 0.25) is 0 Å². The van der Waals surface area contributed by atoms with E-state index in [9.17, 15) is 9.90 Å². The van der Waals surface area contributed by atoms with E-state index in [0.717, 1.165) is 15.2 Å². The van der Waals surface area contributed by atoms with Crippen molar-refractivity contribution in [2.75, 3.05) is 0 Å². The number of carboxylic acids is 1. The SMILES string of the molecule is O=C(O)c1cc2cc(Br)ccc2cc1[O-]. The molecule has 0 radical (unpaired) electrons. The Labute approximate surface area is 94.1 Å². The molecule has 0 aliphatic rings. The van der Waals surface area contributed by atoms with Gasteiger partial charge in [-0.05, 0) is 29.0 Å². The number of fused-ring (bicyclic) bond motifs is 1. The van der Waals surface area contributed by atoms with Crippen molar-refractivity contribution >= 4 is 32.7 Å². The highest BCUT2D eigenvalue weighted by Gasteiger charge is 2.05. The molecule has 0 bridgehead atoms. The first-order chi connectivity index (χ1) is 7.08. The van der Waals surface area contributed by atoms with Crippen LogP contribution in [0.4, 0.5) is 0 Å². The van der Waals surface area contributed by atoms with Gasteiger partial charge in [-0.2, -0.15) is 0 Å². The molecule has 0 saturated heterocycles. The summed E-state index contributed by atoms with van der Waals surface area (Å²) in [7, 11) is 0. The minimum Gasteiger partial charge on any atom is -0.872 e. The van der Waals surface area contributed by atoms with E-state index in [4.69, 9.17) is 5.11 Å². The Kier molecular flexibility index (Phi) is 2.36. The summed E-state index contributed by atoms with van der Waals surface area (Å²) < 4.78 is 0.852. The van der Waals surface area contributed by atoms with Crippen LogP contribution in [-0.2, 0) is 0 Å². The molecule has 0 fully saturated rings. The van der Waals surface area contributed by atoms with Crippen LogP contribution >= 0.6 is 15.9 Å². The Balaban J connectivity index is 2.77. The maximum absolute atomic E-state index is 11.4. The van der Waals surface area contributed by atoms with Gasteiger partial charge in [-0.3, -0.25) is 0 Å². The van der Waals surface area contributed by atoms with Crippen molar-refractivity contribution in [3.63, 3.8) is 0 Å². The zero-order valence-corrected chi connectivity index (χ0v) is 9.11. The Hall–Kier alpha value is -1.55. The highest BCUT2D eigenvalue weighted by molar-refractivity contribution is 9.10. The highest BCUT2D eigenvalue weighted by Crippen LogP contribution is 2.25. The summed E-state index contributed by atoms with van der Waals surface area (Å²) >= 11 is 3.29. The van der Waals surface area contributed by atoms with Crippen molar-refractivity contribution in [2.45, 2.75) is 0 Å². The topological polar surface area (TPSA) is 60.4 Å². The van der Waals surface area contributed by atoms with Crippen LogP contribution in [0.15, 0.2) is 34.8 Å². The van der Waals surface area contributed by atoms with Crippen LogP contribution in [0.25, 0.3) is 10.8 Å². The molecular weight excluding hydrogens is 260 g/mol. The summed E-state index contributed by atoms with van der Waals surface area (Å²) in [6.45, 7) is 0.